The van der Waals surface area contributed by atoms with Gasteiger partial charge < -0.3 is 4.57 Å². The van der Waals surface area contributed by atoms with Gasteiger partial charge in [-0.3, -0.25) is 15.6 Å². The zero-order valence-corrected chi connectivity index (χ0v) is 14.9. The zero-order valence-electron chi connectivity index (χ0n) is 14.9. The van der Waals surface area contributed by atoms with Crippen LogP contribution < -0.4 is 10.9 Å². The molecule has 4 nitrogen and oxygen atoms in total. The minimum atomic E-state index is -0.144. The van der Waals surface area contributed by atoms with Gasteiger partial charge in [-0.2, -0.15) is 0 Å². The number of hydrogen-bond donors (Lipinski definition) is 2. The molecule has 0 aliphatic heterocycles. The Balaban J connectivity index is 1.66. The lowest BCUT2D eigenvalue weighted by molar-refractivity contribution is 0.0964. The van der Waals surface area contributed by atoms with Crippen molar-refractivity contribution in [2.75, 3.05) is 5.43 Å². The van der Waals surface area contributed by atoms with Gasteiger partial charge in [0.15, 0.2) is 0 Å². The SMILES string of the molecule is CCn1c(C)c(NNC(=O)c2cccc3ccccc23)c2ccccc21. The van der Waals surface area contributed by atoms with E-state index in [1.54, 1.807) is 0 Å². The fourth-order valence-corrected chi connectivity index (χ4v) is 3.61. The van der Waals surface area contributed by atoms with Gasteiger partial charge in [0.1, 0.15) is 0 Å². The molecule has 0 bridgehead atoms. The molecule has 4 rings (SSSR count). The summed E-state index contributed by atoms with van der Waals surface area (Å²) in [6, 6.07) is 21.9. The molecule has 0 radical (unpaired) electrons. The summed E-state index contributed by atoms with van der Waals surface area (Å²) in [7, 11) is 0. The molecule has 0 aliphatic rings. The number of amides is 1. The molecule has 3 aromatic carbocycles. The molecule has 0 aliphatic carbocycles. The second-order valence-electron chi connectivity index (χ2n) is 6.33. The molecular weight excluding hydrogens is 322 g/mol. The number of rotatable bonds is 4. The molecule has 1 heterocycles. The quantitative estimate of drug-likeness (QED) is 0.519. The summed E-state index contributed by atoms with van der Waals surface area (Å²) >= 11 is 0. The molecule has 1 aromatic heterocycles. The predicted octanol–water partition coefficient (Wildman–Crippen LogP) is 4.88. The van der Waals surface area contributed by atoms with Crippen LogP contribution in [0.4, 0.5) is 5.69 Å². The average Bonchev–Trinajstić information content (AvgIpc) is 2.96. The van der Waals surface area contributed by atoms with Crippen LogP contribution >= 0.6 is 0 Å². The van der Waals surface area contributed by atoms with Crippen LogP contribution in [0.15, 0.2) is 66.7 Å². The summed E-state index contributed by atoms with van der Waals surface area (Å²) in [4.78, 5) is 12.8. The maximum absolute atomic E-state index is 12.8. The number of hydrazine groups is 1. The molecule has 0 atom stereocenters. The summed E-state index contributed by atoms with van der Waals surface area (Å²) in [6.45, 7) is 5.07. The van der Waals surface area contributed by atoms with E-state index in [1.165, 1.54) is 0 Å². The predicted molar refractivity (Wildman–Crippen MR) is 107 cm³/mol. The number of nitrogens with zero attached hydrogens (tertiary/aromatic N) is 1. The van der Waals surface area contributed by atoms with Crippen LogP contribution in [0.25, 0.3) is 21.7 Å². The Bertz CT molecular complexity index is 1110. The molecule has 0 saturated heterocycles. The first-order valence-corrected chi connectivity index (χ1v) is 8.82. The van der Waals surface area contributed by atoms with E-state index in [2.05, 4.69) is 41.4 Å². The van der Waals surface area contributed by atoms with Crippen LogP contribution in [0.3, 0.4) is 0 Å². The fourth-order valence-electron chi connectivity index (χ4n) is 3.61. The highest BCUT2D eigenvalue weighted by Gasteiger charge is 2.14. The van der Waals surface area contributed by atoms with Crippen molar-refractivity contribution in [3.8, 4) is 0 Å². The number of para-hydroxylation sites is 1. The number of aromatic nitrogens is 1. The monoisotopic (exact) mass is 343 g/mol. The summed E-state index contributed by atoms with van der Waals surface area (Å²) < 4.78 is 2.24. The number of carbonyl (C=O) groups is 1. The van der Waals surface area contributed by atoms with E-state index in [0.717, 1.165) is 39.6 Å². The van der Waals surface area contributed by atoms with Gasteiger partial charge in [-0.25, -0.2) is 0 Å². The van der Waals surface area contributed by atoms with Crippen molar-refractivity contribution >= 4 is 33.3 Å². The van der Waals surface area contributed by atoms with Crippen LogP contribution in [-0.2, 0) is 6.54 Å². The molecule has 1 amide bonds. The molecule has 4 aromatic rings. The molecular formula is C22H21N3O. The number of anilines is 1. The molecule has 4 heteroatoms. The largest absolute Gasteiger partial charge is 0.343 e. The van der Waals surface area contributed by atoms with Gasteiger partial charge in [-0.15, -0.1) is 0 Å². The van der Waals surface area contributed by atoms with Crippen molar-refractivity contribution in [1.29, 1.82) is 0 Å². The first kappa shape index (κ1) is 16.2. The van der Waals surface area contributed by atoms with Crippen LogP contribution in [-0.4, -0.2) is 10.5 Å². The third kappa shape index (κ3) is 2.60. The average molecular weight is 343 g/mol. The molecule has 0 fully saturated rings. The Morgan fingerprint density at radius 3 is 2.42 bits per heavy atom. The Morgan fingerprint density at radius 2 is 1.62 bits per heavy atom. The maximum Gasteiger partial charge on any atom is 0.270 e. The minimum absolute atomic E-state index is 0.144. The lowest BCUT2D eigenvalue weighted by Gasteiger charge is -2.11. The van der Waals surface area contributed by atoms with Crippen molar-refractivity contribution in [2.24, 2.45) is 0 Å². The fraction of sp³-hybridized carbons (Fsp3) is 0.136. The van der Waals surface area contributed by atoms with E-state index in [-0.39, 0.29) is 5.91 Å². The number of aryl methyl sites for hydroxylation is 1. The molecule has 26 heavy (non-hydrogen) atoms. The van der Waals surface area contributed by atoms with Crippen LogP contribution in [0, 0.1) is 6.92 Å². The number of hydrogen-bond acceptors (Lipinski definition) is 2. The Kier molecular flexibility index (Phi) is 4.09. The molecule has 0 spiro atoms. The van der Waals surface area contributed by atoms with Crippen molar-refractivity contribution in [1.82, 2.24) is 9.99 Å². The van der Waals surface area contributed by atoms with E-state index >= 15 is 0 Å². The smallest absolute Gasteiger partial charge is 0.270 e. The van der Waals surface area contributed by atoms with Gasteiger partial charge in [0.05, 0.1) is 11.2 Å². The lowest BCUT2D eigenvalue weighted by atomic mass is 10.0. The van der Waals surface area contributed by atoms with E-state index < -0.39 is 0 Å². The Morgan fingerprint density at radius 1 is 0.923 bits per heavy atom. The van der Waals surface area contributed by atoms with Gasteiger partial charge in [0.25, 0.3) is 5.91 Å². The van der Waals surface area contributed by atoms with Crippen molar-refractivity contribution in [2.45, 2.75) is 20.4 Å². The Hall–Kier alpha value is -3.27. The lowest BCUT2D eigenvalue weighted by Crippen LogP contribution is -2.29. The Labute approximate surface area is 152 Å². The number of benzene rings is 3. The third-order valence-corrected chi connectivity index (χ3v) is 4.88. The van der Waals surface area contributed by atoms with Crippen molar-refractivity contribution < 1.29 is 4.79 Å². The van der Waals surface area contributed by atoms with Crippen LogP contribution in [0.2, 0.25) is 0 Å². The zero-order chi connectivity index (χ0) is 18.1. The number of fused-ring (bicyclic) bond motifs is 2. The molecule has 0 saturated carbocycles. The molecule has 130 valence electrons. The van der Waals surface area contributed by atoms with Crippen molar-refractivity contribution in [3.63, 3.8) is 0 Å². The second kappa shape index (κ2) is 6.56. The van der Waals surface area contributed by atoms with E-state index in [0.29, 0.717) is 5.56 Å². The van der Waals surface area contributed by atoms with Gasteiger partial charge >= 0.3 is 0 Å². The summed E-state index contributed by atoms with van der Waals surface area (Å²) in [5.74, 6) is -0.144. The minimum Gasteiger partial charge on any atom is -0.343 e. The number of carbonyl (C=O) groups excluding carboxylic acids is 1. The van der Waals surface area contributed by atoms with E-state index in [4.69, 9.17) is 0 Å². The van der Waals surface area contributed by atoms with Crippen LogP contribution in [0.1, 0.15) is 23.0 Å². The maximum atomic E-state index is 12.8. The van der Waals surface area contributed by atoms with Gasteiger partial charge in [-0.05, 0) is 36.8 Å². The van der Waals surface area contributed by atoms with Crippen LogP contribution in [0.5, 0.6) is 0 Å². The summed E-state index contributed by atoms with van der Waals surface area (Å²) in [6.07, 6.45) is 0. The van der Waals surface area contributed by atoms with Crippen molar-refractivity contribution in [3.05, 3.63) is 78.0 Å². The normalized spacial score (nSPS) is 11.0. The highest BCUT2D eigenvalue weighted by Crippen LogP contribution is 2.30. The van der Waals surface area contributed by atoms with E-state index in [1.807, 2.05) is 54.6 Å². The van der Waals surface area contributed by atoms with Gasteiger partial charge in [-0.1, -0.05) is 54.6 Å². The number of nitrogens with one attached hydrogen (secondary N) is 2. The highest BCUT2D eigenvalue weighted by atomic mass is 16.2. The topological polar surface area (TPSA) is 46.1 Å². The summed E-state index contributed by atoms with van der Waals surface area (Å²) in [5.41, 5.74) is 9.89. The van der Waals surface area contributed by atoms with Gasteiger partial charge in [0, 0.05) is 23.2 Å². The third-order valence-electron chi connectivity index (χ3n) is 4.88. The molecule has 2 N–H and O–H groups in total. The first-order chi connectivity index (χ1) is 12.7. The standard InChI is InChI=1S/C22H21N3O/c1-3-25-15(2)21(19-12-6-7-14-20(19)25)23-24-22(26)18-13-8-10-16-9-4-5-11-17(16)18/h4-14,23H,3H2,1-2H3,(H,24,26). The van der Waals surface area contributed by atoms with Gasteiger partial charge in [0.2, 0.25) is 0 Å². The highest BCUT2D eigenvalue weighted by molar-refractivity contribution is 6.07. The summed E-state index contributed by atoms with van der Waals surface area (Å²) in [5, 5.41) is 3.10. The van der Waals surface area contributed by atoms with E-state index in [9.17, 15) is 4.79 Å². The second-order valence-corrected chi connectivity index (χ2v) is 6.33. The molecule has 0 unspecified atom stereocenters. The first-order valence-electron chi connectivity index (χ1n) is 8.82.